The number of carbonyl (C=O) groups is 3. The Morgan fingerprint density at radius 1 is 1.10 bits per heavy atom. The Balaban J connectivity index is 1.30. The monoisotopic (exact) mass is 564 g/mol. The van der Waals surface area contributed by atoms with Crippen LogP contribution in [0.1, 0.15) is 42.7 Å². The topological polar surface area (TPSA) is 135 Å². The summed E-state index contributed by atoms with van der Waals surface area (Å²) < 4.78 is 29.5. The lowest BCUT2D eigenvalue weighted by atomic mass is 10.0. The van der Waals surface area contributed by atoms with E-state index in [2.05, 4.69) is 15.3 Å². The van der Waals surface area contributed by atoms with E-state index in [1.54, 1.807) is 61.2 Å². The van der Waals surface area contributed by atoms with E-state index >= 15 is 0 Å². The molecule has 0 aliphatic carbocycles. The van der Waals surface area contributed by atoms with Gasteiger partial charge in [-0.25, -0.2) is 13.4 Å². The fourth-order valence-electron chi connectivity index (χ4n) is 5.47. The van der Waals surface area contributed by atoms with Gasteiger partial charge in [-0.2, -0.15) is 4.31 Å². The van der Waals surface area contributed by atoms with Gasteiger partial charge in [0.1, 0.15) is 17.8 Å². The molecule has 1 aromatic carbocycles. The number of benzene rings is 1. The summed E-state index contributed by atoms with van der Waals surface area (Å²) in [6, 6.07) is 9.63. The molecule has 2 amide bonds. The number of rotatable bonds is 9. The van der Waals surface area contributed by atoms with Gasteiger partial charge < -0.3 is 14.8 Å². The molecule has 40 heavy (non-hydrogen) atoms. The van der Waals surface area contributed by atoms with Crippen molar-refractivity contribution < 1.29 is 22.8 Å². The largest absolute Gasteiger partial charge is 0.340 e. The highest BCUT2D eigenvalue weighted by atomic mass is 32.2. The maximum atomic E-state index is 13.8. The Bertz CT molecular complexity index is 1480. The van der Waals surface area contributed by atoms with Crippen molar-refractivity contribution in [1.29, 1.82) is 0 Å². The van der Waals surface area contributed by atoms with E-state index in [9.17, 15) is 22.8 Å². The van der Waals surface area contributed by atoms with Crippen molar-refractivity contribution >= 4 is 27.6 Å². The van der Waals surface area contributed by atoms with E-state index in [1.807, 2.05) is 18.4 Å². The van der Waals surface area contributed by atoms with Crippen molar-refractivity contribution in [3.8, 4) is 5.69 Å². The molecule has 2 aliphatic heterocycles. The van der Waals surface area contributed by atoms with Gasteiger partial charge in [-0.1, -0.05) is 19.9 Å². The summed E-state index contributed by atoms with van der Waals surface area (Å²) in [7, 11) is -3.83. The fraction of sp³-hybridized carbons (Fsp3) is 0.393. The second kappa shape index (κ2) is 11.3. The molecular formula is C28H32N6O5S. The van der Waals surface area contributed by atoms with Gasteiger partial charge in [-0.15, -0.1) is 0 Å². The van der Waals surface area contributed by atoms with Crippen LogP contribution in [0.25, 0.3) is 5.69 Å². The minimum Gasteiger partial charge on any atom is -0.340 e. The lowest BCUT2D eigenvalue weighted by Gasteiger charge is -2.29. The number of pyridine rings is 1. The molecule has 5 rings (SSSR count). The normalized spacial score (nSPS) is 20.1. The third-order valence-corrected chi connectivity index (χ3v) is 9.09. The Hall–Kier alpha value is -3.90. The molecule has 210 valence electrons. The number of hydrogen-bond acceptors (Lipinski definition) is 7. The molecule has 2 fully saturated rings. The fourth-order valence-corrected chi connectivity index (χ4v) is 7.13. The Kier molecular flexibility index (Phi) is 7.81. The molecule has 0 radical (unpaired) electrons. The molecular weight excluding hydrogens is 532 g/mol. The quantitative estimate of drug-likeness (QED) is 0.419. The summed E-state index contributed by atoms with van der Waals surface area (Å²) >= 11 is 0. The third kappa shape index (κ3) is 5.68. The number of likely N-dealkylation sites (tertiary alicyclic amines) is 1. The van der Waals surface area contributed by atoms with Crippen LogP contribution in [0.3, 0.4) is 0 Å². The van der Waals surface area contributed by atoms with E-state index in [1.165, 1.54) is 15.4 Å². The van der Waals surface area contributed by atoms with Gasteiger partial charge in [0.2, 0.25) is 15.9 Å². The lowest BCUT2D eigenvalue weighted by molar-refractivity contribution is -0.138. The van der Waals surface area contributed by atoms with Crippen LogP contribution in [0.15, 0.2) is 67.4 Å². The average Bonchev–Trinajstić information content (AvgIpc) is 3.67. The molecule has 2 saturated heterocycles. The van der Waals surface area contributed by atoms with Crippen LogP contribution in [0.2, 0.25) is 0 Å². The molecule has 11 nitrogen and oxygen atoms in total. The van der Waals surface area contributed by atoms with Gasteiger partial charge in [-0.05, 0) is 55.2 Å². The molecule has 12 heteroatoms. The van der Waals surface area contributed by atoms with E-state index in [-0.39, 0.29) is 36.5 Å². The zero-order chi connectivity index (χ0) is 28.4. The molecule has 0 spiro atoms. The smallest absolute Gasteiger partial charge is 0.251 e. The number of ketones is 1. The van der Waals surface area contributed by atoms with Crippen molar-refractivity contribution in [2.24, 2.45) is 5.92 Å². The molecule has 1 N–H and O–H groups in total. The first-order valence-electron chi connectivity index (χ1n) is 13.3. The Morgan fingerprint density at radius 3 is 2.52 bits per heavy atom. The van der Waals surface area contributed by atoms with Crippen LogP contribution in [-0.4, -0.2) is 81.0 Å². The van der Waals surface area contributed by atoms with Crippen LogP contribution in [0.5, 0.6) is 0 Å². The number of imidazole rings is 1. The summed E-state index contributed by atoms with van der Waals surface area (Å²) in [5, 5.41) is 2.86. The van der Waals surface area contributed by atoms with E-state index < -0.39 is 34.1 Å². The standard InChI is InChI=1S/C28H32N6O5S/c1-19(2)15-23(31-27(36)20-6-8-22(9-7-20)32-14-12-29-18-32)28(37)33-13-10-24-26(33)25(35)16-34(24)40(38,39)17-21-5-3-4-11-30-21/h3-9,11-12,14,18-19,23-24,26H,10,13,15-17H2,1-2H3,(H,31,36). The lowest BCUT2D eigenvalue weighted by Crippen LogP contribution is -2.53. The highest BCUT2D eigenvalue weighted by molar-refractivity contribution is 7.88. The zero-order valence-electron chi connectivity index (χ0n) is 22.4. The van der Waals surface area contributed by atoms with Crippen molar-refractivity contribution in [3.63, 3.8) is 0 Å². The van der Waals surface area contributed by atoms with Gasteiger partial charge in [-0.3, -0.25) is 19.4 Å². The Morgan fingerprint density at radius 2 is 1.88 bits per heavy atom. The number of Topliss-reactive ketones (excluding diaryl/α,β-unsaturated/α-hetero) is 1. The number of fused-ring (bicyclic) bond motifs is 1. The molecule has 3 atom stereocenters. The van der Waals surface area contributed by atoms with Crippen molar-refractivity contribution in [3.05, 3.63) is 78.6 Å². The number of carbonyl (C=O) groups excluding carboxylic acids is 3. The average molecular weight is 565 g/mol. The van der Waals surface area contributed by atoms with E-state index in [0.717, 1.165) is 5.69 Å². The number of nitrogens with one attached hydrogen (secondary N) is 1. The first kappa shape index (κ1) is 27.7. The van der Waals surface area contributed by atoms with Gasteiger partial charge in [0.05, 0.1) is 24.6 Å². The first-order chi connectivity index (χ1) is 19.1. The SMILES string of the molecule is CC(C)CC(NC(=O)c1ccc(-n2ccnc2)cc1)C(=O)N1CCC2C1C(=O)CN2S(=O)(=O)Cc1ccccn1. The summed E-state index contributed by atoms with van der Waals surface area (Å²) in [4.78, 5) is 49.6. The van der Waals surface area contributed by atoms with E-state index in [4.69, 9.17) is 0 Å². The Labute approximate surface area is 233 Å². The summed E-state index contributed by atoms with van der Waals surface area (Å²) in [6.45, 7) is 3.86. The molecule has 4 heterocycles. The minimum absolute atomic E-state index is 0.0887. The van der Waals surface area contributed by atoms with Crippen LogP contribution < -0.4 is 5.32 Å². The summed E-state index contributed by atoms with van der Waals surface area (Å²) in [6.07, 6.45) is 7.37. The predicted octanol–water partition coefficient (Wildman–Crippen LogP) is 1.80. The van der Waals surface area contributed by atoms with Gasteiger partial charge in [0, 0.05) is 36.4 Å². The highest BCUT2D eigenvalue weighted by Crippen LogP contribution is 2.33. The number of sulfonamides is 1. The third-order valence-electron chi connectivity index (χ3n) is 7.32. The second-order valence-corrected chi connectivity index (χ2v) is 12.5. The number of hydrogen-bond donors (Lipinski definition) is 1. The van der Waals surface area contributed by atoms with Crippen molar-refractivity contribution in [1.82, 2.24) is 29.1 Å². The predicted molar refractivity (Wildman–Crippen MR) is 147 cm³/mol. The van der Waals surface area contributed by atoms with Gasteiger partial charge in [0.15, 0.2) is 5.78 Å². The zero-order valence-corrected chi connectivity index (χ0v) is 23.2. The number of amides is 2. The number of aromatic nitrogens is 3. The second-order valence-electron chi connectivity index (χ2n) is 10.6. The van der Waals surface area contributed by atoms with Gasteiger partial charge >= 0.3 is 0 Å². The number of nitrogens with zero attached hydrogens (tertiary/aromatic N) is 5. The summed E-state index contributed by atoms with van der Waals surface area (Å²) in [5.41, 5.74) is 1.63. The minimum atomic E-state index is -3.83. The van der Waals surface area contributed by atoms with E-state index in [0.29, 0.717) is 24.1 Å². The molecule has 0 bridgehead atoms. The van der Waals surface area contributed by atoms with Crippen LogP contribution in [-0.2, 0) is 25.4 Å². The van der Waals surface area contributed by atoms with Crippen LogP contribution >= 0.6 is 0 Å². The maximum absolute atomic E-state index is 13.8. The van der Waals surface area contributed by atoms with Gasteiger partial charge in [0.25, 0.3) is 5.91 Å². The van der Waals surface area contributed by atoms with Crippen molar-refractivity contribution in [2.75, 3.05) is 13.1 Å². The van der Waals surface area contributed by atoms with Crippen molar-refractivity contribution in [2.45, 2.75) is 50.6 Å². The van der Waals surface area contributed by atoms with Crippen LogP contribution in [0, 0.1) is 5.92 Å². The first-order valence-corrected chi connectivity index (χ1v) is 14.9. The molecule has 3 unspecified atom stereocenters. The summed E-state index contributed by atoms with van der Waals surface area (Å²) in [5.74, 6) is -1.31. The van der Waals surface area contributed by atoms with Crippen LogP contribution in [0.4, 0.5) is 0 Å². The maximum Gasteiger partial charge on any atom is 0.251 e. The molecule has 0 saturated carbocycles. The molecule has 3 aromatic rings. The molecule has 2 aliphatic rings. The molecule has 2 aromatic heterocycles. The highest BCUT2D eigenvalue weighted by Gasteiger charge is 2.54.